The van der Waals surface area contributed by atoms with Crippen molar-refractivity contribution in [3.05, 3.63) is 28.5 Å². The van der Waals surface area contributed by atoms with Gasteiger partial charge in [0.15, 0.2) is 0 Å². The van der Waals surface area contributed by atoms with Crippen LogP contribution in [0.25, 0.3) is 0 Å². The lowest BCUT2D eigenvalue weighted by Gasteiger charge is -2.13. The molecule has 0 spiro atoms. The fraction of sp³-hybridized carbons (Fsp3) is 0.462. The lowest BCUT2D eigenvalue weighted by Crippen LogP contribution is -2.28. The highest BCUT2D eigenvalue weighted by atomic mass is 79.9. The molecule has 5 heteroatoms. The van der Waals surface area contributed by atoms with Gasteiger partial charge in [0.1, 0.15) is 11.9 Å². The Morgan fingerprint density at radius 3 is 2.94 bits per heavy atom. The molecule has 1 aromatic rings. The molecule has 0 radical (unpaired) electrons. The lowest BCUT2D eigenvalue weighted by atomic mass is 10.3. The highest BCUT2D eigenvalue weighted by Crippen LogP contribution is 2.29. The number of hydrogen-bond acceptors (Lipinski definition) is 2. The second-order valence-electron chi connectivity index (χ2n) is 4.53. The van der Waals surface area contributed by atoms with Crippen molar-refractivity contribution >= 4 is 27.5 Å². The van der Waals surface area contributed by atoms with Gasteiger partial charge in [-0.3, -0.25) is 4.79 Å². The highest BCUT2D eigenvalue weighted by molar-refractivity contribution is 9.10. The van der Waals surface area contributed by atoms with Crippen molar-refractivity contribution in [2.24, 2.45) is 5.92 Å². The zero-order valence-corrected chi connectivity index (χ0v) is 11.7. The summed E-state index contributed by atoms with van der Waals surface area (Å²) in [5.41, 5.74) is 0.171. The molecule has 3 nitrogen and oxygen atoms in total. The van der Waals surface area contributed by atoms with E-state index in [1.54, 1.807) is 13.0 Å². The summed E-state index contributed by atoms with van der Waals surface area (Å²) in [4.78, 5) is 11.8. The van der Waals surface area contributed by atoms with Gasteiger partial charge in [-0.05, 0) is 43.9 Å². The number of ether oxygens (including phenoxy) is 1. The molecule has 2 rings (SSSR count). The number of nitrogens with one attached hydrogen (secondary N) is 1. The summed E-state index contributed by atoms with van der Waals surface area (Å²) in [7, 11) is 0. The first-order valence-electron chi connectivity index (χ1n) is 5.94. The van der Waals surface area contributed by atoms with Crippen LogP contribution < -0.4 is 5.32 Å². The molecule has 18 heavy (non-hydrogen) atoms. The molecule has 0 heterocycles. The maximum Gasteiger partial charge on any atom is 0.253 e. The van der Waals surface area contributed by atoms with Crippen molar-refractivity contribution < 1.29 is 13.9 Å². The summed E-state index contributed by atoms with van der Waals surface area (Å²) in [6.07, 6.45) is 1.79. The van der Waals surface area contributed by atoms with Crippen molar-refractivity contribution in [1.82, 2.24) is 0 Å². The number of anilines is 1. The standard InChI is InChI=1S/C13H15BrFNO2/c1-8(18-7-9-2-3-9)13(17)16-12-5-4-10(14)6-11(12)15/h4-6,8-9H,2-3,7H2,1H3,(H,16,17). The maximum atomic E-state index is 13.5. The van der Waals surface area contributed by atoms with Crippen LogP contribution in [0.1, 0.15) is 19.8 Å². The van der Waals surface area contributed by atoms with Crippen molar-refractivity contribution in [3.8, 4) is 0 Å². The number of benzene rings is 1. The highest BCUT2D eigenvalue weighted by Gasteiger charge is 2.24. The molecule has 1 saturated carbocycles. The number of amides is 1. The molecule has 1 N–H and O–H groups in total. The SMILES string of the molecule is CC(OCC1CC1)C(=O)Nc1ccc(Br)cc1F. The normalized spacial score (nSPS) is 16.4. The van der Waals surface area contributed by atoms with Crippen LogP contribution in [0.15, 0.2) is 22.7 Å². The van der Waals surface area contributed by atoms with Crippen molar-refractivity contribution in [3.63, 3.8) is 0 Å². The van der Waals surface area contributed by atoms with Crippen LogP contribution in [0.4, 0.5) is 10.1 Å². The predicted octanol–water partition coefficient (Wildman–Crippen LogP) is 3.34. The topological polar surface area (TPSA) is 38.3 Å². The predicted molar refractivity (Wildman–Crippen MR) is 70.9 cm³/mol. The average Bonchev–Trinajstić information content (AvgIpc) is 3.13. The molecule has 1 aromatic carbocycles. The molecular formula is C13H15BrFNO2. The monoisotopic (exact) mass is 315 g/mol. The largest absolute Gasteiger partial charge is 0.368 e. The Morgan fingerprint density at radius 2 is 2.33 bits per heavy atom. The van der Waals surface area contributed by atoms with E-state index in [4.69, 9.17) is 4.74 Å². The number of hydrogen-bond donors (Lipinski definition) is 1. The third-order valence-electron chi connectivity index (χ3n) is 2.84. The Bertz CT molecular complexity index is 449. The minimum Gasteiger partial charge on any atom is -0.368 e. The van der Waals surface area contributed by atoms with E-state index in [1.807, 2.05) is 0 Å². The molecular weight excluding hydrogens is 301 g/mol. The van der Waals surface area contributed by atoms with Gasteiger partial charge in [-0.1, -0.05) is 15.9 Å². The van der Waals surface area contributed by atoms with E-state index in [0.29, 0.717) is 17.0 Å². The molecule has 0 bridgehead atoms. The minimum atomic E-state index is -0.561. The summed E-state index contributed by atoms with van der Waals surface area (Å²) in [6.45, 7) is 2.28. The van der Waals surface area contributed by atoms with Gasteiger partial charge in [0, 0.05) is 4.47 Å². The van der Waals surface area contributed by atoms with E-state index >= 15 is 0 Å². The number of carbonyl (C=O) groups is 1. The molecule has 0 aliphatic heterocycles. The summed E-state index contributed by atoms with van der Waals surface area (Å²) in [5, 5.41) is 2.52. The first-order valence-corrected chi connectivity index (χ1v) is 6.73. The molecule has 1 amide bonds. The quantitative estimate of drug-likeness (QED) is 0.905. The first kappa shape index (κ1) is 13.5. The van der Waals surface area contributed by atoms with E-state index in [-0.39, 0.29) is 11.6 Å². The summed E-state index contributed by atoms with van der Waals surface area (Å²) in [6, 6.07) is 4.50. The summed E-state index contributed by atoms with van der Waals surface area (Å²) in [5.74, 6) is -0.186. The fourth-order valence-corrected chi connectivity index (χ4v) is 1.80. The van der Waals surface area contributed by atoms with Crippen LogP contribution in [-0.4, -0.2) is 18.6 Å². The molecule has 1 atom stereocenters. The lowest BCUT2D eigenvalue weighted by molar-refractivity contribution is -0.126. The van der Waals surface area contributed by atoms with Crippen molar-refractivity contribution in [1.29, 1.82) is 0 Å². The average molecular weight is 316 g/mol. The molecule has 0 aromatic heterocycles. The van der Waals surface area contributed by atoms with Crippen LogP contribution in [0.3, 0.4) is 0 Å². The molecule has 1 aliphatic rings. The van der Waals surface area contributed by atoms with Crippen LogP contribution in [0.5, 0.6) is 0 Å². The van der Waals surface area contributed by atoms with Gasteiger partial charge in [0.2, 0.25) is 0 Å². The third kappa shape index (κ3) is 3.78. The van der Waals surface area contributed by atoms with Gasteiger partial charge in [0.05, 0.1) is 12.3 Å². The fourth-order valence-electron chi connectivity index (χ4n) is 1.47. The van der Waals surface area contributed by atoms with Crippen molar-refractivity contribution in [2.45, 2.75) is 25.9 Å². The van der Waals surface area contributed by atoms with Gasteiger partial charge >= 0.3 is 0 Å². The Hall–Kier alpha value is -0.940. The number of halogens is 2. The second kappa shape index (κ2) is 5.80. The van der Waals surface area contributed by atoms with Gasteiger partial charge in [-0.2, -0.15) is 0 Å². The summed E-state index contributed by atoms with van der Waals surface area (Å²) >= 11 is 3.16. The minimum absolute atomic E-state index is 0.171. The zero-order valence-electron chi connectivity index (χ0n) is 10.1. The Morgan fingerprint density at radius 1 is 1.61 bits per heavy atom. The van der Waals surface area contributed by atoms with E-state index in [0.717, 1.165) is 0 Å². The van der Waals surface area contributed by atoms with E-state index in [1.165, 1.54) is 25.0 Å². The summed E-state index contributed by atoms with van der Waals surface area (Å²) < 4.78 is 19.6. The Balaban J connectivity index is 1.88. The first-order chi connectivity index (χ1) is 8.56. The Labute approximate surface area is 114 Å². The smallest absolute Gasteiger partial charge is 0.253 e. The van der Waals surface area contributed by atoms with Crippen LogP contribution in [0.2, 0.25) is 0 Å². The van der Waals surface area contributed by atoms with Crippen molar-refractivity contribution in [2.75, 3.05) is 11.9 Å². The van der Waals surface area contributed by atoms with Gasteiger partial charge < -0.3 is 10.1 Å². The second-order valence-corrected chi connectivity index (χ2v) is 5.45. The zero-order chi connectivity index (χ0) is 13.1. The third-order valence-corrected chi connectivity index (χ3v) is 3.33. The van der Waals surface area contributed by atoms with Crippen LogP contribution >= 0.6 is 15.9 Å². The number of rotatable bonds is 5. The molecule has 1 aliphatic carbocycles. The Kier molecular flexibility index (Phi) is 4.35. The van der Waals surface area contributed by atoms with E-state index in [9.17, 15) is 9.18 Å². The van der Waals surface area contributed by atoms with Gasteiger partial charge in [-0.25, -0.2) is 4.39 Å². The molecule has 98 valence electrons. The van der Waals surface area contributed by atoms with Crippen LogP contribution in [-0.2, 0) is 9.53 Å². The van der Waals surface area contributed by atoms with E-state index < -0.39 is 11.9 Å². The molecule has 1 unspecified atom stereocenters. The van der Waals surface area contributed by atoms with Gasteiger partial charge in [-0.15, -0.1) is 0 Å². The van der Waals surface area contributed by atoms with Gasteiger partial charge in [0.25, 0.3) is 5.91 Å². The van der Waals surface area contributed by atoms with Crippen LogP contribution in [0, 0.1) is 11.7 Å². The maximum absolute atomic E-state index is 13.5. The molecule has 1 fully saturated rings. The number of carbonyl (C=O) groups excluding carboxylic acids is 1. The molecule has 0 saturated heterocycles. The van der Waals surface area contributed by atoms with E-state index in [2.05, 4.69) is 21.2 Å².